The molecule has 106 valence electrons. The van der Waals surface area contributed by atoms with Gasteiger partial charge in [-0.2, -0.15) is 0 Å². The molecule has 0 fully saturated rings. The minimum absolute atomic E-state index is 0.291. The molecule has 0 aromatic carbocycles. The maximum Gasteiger partial charge on any atom is 0.155 e. The second-order valence-corrected chi connectivity index (χ2v) is 5.44. The molecule has 0 aliphatic carbocycles. The average molecular weight is 252 g/mol. The van der Waals surface area contributed by atoms with E-state index in [1.165, 1.54) is 56.9 Å². The van der Waals surface area contributed by atoms with Crippen molar-refractivity contribution in [1.82, 2.24) is 0 Å². The van der Waals surface area contributed by atoms with Crippen molar-refractivity contribution in [3.05, 3.63) is 11.1 Å². The summed E-state index contributed by atoms with van der Waals surface area (Å²) in [6.45, 7) is 8.34. The molecule has 0 aromatic rings. The number of ketones is 1. The predicted molar refractivity (Wildman–Crippen MR) is 80.9 cm³/mol. The first kappa shape index (κ1) is 17.4. The van der Waals surface area contributed by atoms with Gasteiger partial charge >= 0.3 is 0 Å². The summed E-state index contributed by atoms with van der Waals surface area (Å²) in [5, 5.41) is 0. The van der Waals surface area contributed by atoms with E-state index >= 15 is 0 Å². The summed E-state index contributed by atoms with van der Waals surface area (Å²) in [6, 6.07) is 0. The number of Topliss-reactive ketones (excluding diaryl/α,β-unsaturated/α-hetero) is 1. The maximum absolute atomic E-state index is 11.7. The van der Waals surface area contributed by atoms with Crippen molar-refractivity contribution in [2.75, 3.05) is 0 Å². The highest BCUT2D eigenvalue weighted by Gasteiger charge is 2.08. The van der Waals surface area contributed by atoms with Crippen LogP contribution >= 0.6 is 0 Å². The van der Waals surface area contributed by atoms with Gasteiger partial charge in [-0.15, -0.1) is 0 Å². The SMILES string of the molecule is CCCCCC/C(C)=C(\CCCCCC)C(C)=O. The van der Waals surface area contributed by atoms with Crippen LogP contribution in [0.3, 0.4) is 0 Å². The van der Waals surface area contributed by atoms with Crippen molar-refractivity contribution in [2.45, 2.75) is 91.9 Å². The number of unbranched alkanes of at least 4 members (excludes halogenated alkanes) is 6. The number of hydrogen-bond donors (Lipinski definition) is 0. The fraction of sp³-hybridized carbons (Fsp3) is 0.824. The molecule has 0 aliphatic rings. The number of rotatable bonds is 11. The quantitative estimate of drug-likeness (QED) is 0.334. The zero-order valence-corrected chi connectivity index (χ0v) is 13.0. The molecule has 0 bridgehead atoms. The molecular weight excluding hydrogens is 220 g/mol. The van der Waals surface area contributed by atoms with Crippen molar-refractivity contribution in [3.8, 4) is 0 Å². The molecule has 0 spiro atoms. The average Bonchev–Trinajstić information content (AvgIpc) is 2.34. The third-order valence-corrected chi connectivity index (χ3v) is 3.63. The molecule has 0 atom stereocenters. The smallest absolute Gasteiger partial charge is 0.155 e. The summed E-state index contributed by atoms with van der Waals surface area (Å²) in [7, 11) is 0. The molecule has 0 amide bonds. The Morgan fingerprint density at radius 2 is 1.22 bits per heavy atom. The lowest BCUT2D eigenvalue weighted by atomic mass is 9.95. The van der Waals surface area contributed by atoms with Crippen LogP contribution in [0.1, 0.15) is 91.9 Å². The standard InChI is InChI=1S/C17H32O/c1-5-7-9-11-13-15(3)17(16(4)18)14-12-10-8-6-2/h5-14H2,1-4H3/b17-15+. The van der Waals surface area contributed by atoms with E-state index in [9.17, 15) is 4.79 Å². The lowest BCUT2D eigenvalue weighted by Gasteiger charge is -2.09. The Labute approximate surface area is 114 Å². The van der Waals surface area contributed by atoms with Gasteiger partial charge in [0.2, 0.25) is 0 Å². The minimum atomic E-state index is 0.291. The highest BCUT2D eigenvalue weighted by Crippen LogP contribution is 2.20. The topological polar surface area (TPSA) is 17.1 Å². The minimum Gasteiger partial charge on any atom is -0.295 e. The normalized spacial score (nSPS) is 12.4. The van der Waals surface area contributed by atoms with E-state index in [1.807, 2.05) is 0 Å². The lowest BCUT2D eigenvalue weighted by Crippen LogP contribution is -2.01. The van der Waals surface area contributed by atoms with Crippen molar-refractivity contribution < 1.29 is 4.79 Å². The van der Waals surface area contributed by atoms with Gasteiger partial charge in [0, 0.05) is 0 Å². The molecule has 1 heteroatoms. The van der Waals surface area contributed by atoms with Crippen LogP contribution in [0.2, 0.25) is 0 Å². The van der Waals surface area contributed by atoms with E-state index in [0.29, 0.717) is 5.78 Å². The molecule has 0 heterocycles. The van der Waals surface area contributed by atoms with Gasteiger partial charge in [-0.25, -0.2) is 0 Å². The van der Waals surface area contributed by atoms with Crippen molar-refractivity contribution in [2.24, 2.45) is 0 Å². The molecule has 0 N–H and O–H groups in total. The zero-order valence-electron chi connectivity index (χ0n) is 13.0. The number of allylic oxidation sites excluding steroid dienone is 2. The van der Waals surface area contributed by atoms with Gasteiger partial charge in [-0.3, -0.25) is 4.79 Å². The lowest BCUT2D eigenvalue weighted by molar-refractivity contribution is -0.113. The largest absolute Gasteiger partial charge is 0.295 e. The van der Waals surface area contributed by atoms with Crippen LogP contribution < -0.4 is 0 Å². The monoisotopic (exact) mass is 252 g/mol. The molecule has 0 rings (SSSR count). The van der Waals surface area contributed by atoms with E-state index in [2.05, 4.69) is 20.8 Å². The highest BCUT2D eigenvalue weighted by molar-refractivity contribution is 5.93. The molecule has 0 unspecified atom stereocenters. The Bertz CT molecular complexity index is 250. The van der Waals surface area contributed by atoms with E-state index in [-0.39, 0.29) is 0 Å². The van der Waals surface area contributed by atoms with Crippen LogP contribution in [0.4, 0.5) is 0 Å². The Hall–Kier alpha value is -0.590. The molecule has 18 heavy (non-hydrogen) atoms. The summed E-state index contributed by atoms with van der Waals surface area (Å²) >= 11 is 0. The summed E-state index contributed by atoms with van der Waals surface area (Å²) < 4.78 is 0. The summed E-state index contributed by atoms with van der Waals surface area (Å²) in [6.07, 6.45) is 12.2. The van der Waals surface area contributed by atoms with Gasteiger partial charge in [-0.1, -0.05) is 57.9 Å². The zero-order chi connectivity index (χ0) is 13.8. The van der Waals surface area contributed by atoms with Gasteiger partial charge in [0.25, 0.3) is 0 Å². The Morgan fingerprint density at radius 3 is 1.67 bits per heavy atom. The first-order valence-corrected chi connectivity index (χ1v) is 7.83. The molecule has 1 nitrogen and oxygen atoms in total. The second-order valence-electron chi connectivity index (χ2n) is 5.44. The number of hydrogen-bond acceptors (Lipinski definition) is 1. The van der Waals surface area contributed by atoms with Gasteiger partial charge in [0.15, 0.2) is 5.78 Å². The Morgan fingerprint density at radius 1 is 0.722 bits per heavy atom. The van der Waals surface area contributed by atoms with E-state index in [4.69, 9.17) is 0 Å². The van der Waals surface area contributed by atoms with Crippen molar-refractivity contribution >= 4 is 5.78 Å². The van der Waals surface area contributed by atoms with Crippen molar-refractivity contribution in [3.63, 3.8) is 0 Å². The van der Waals surface area contributed by atoms with Gasteiger partial charge in [-0.05, 0) is 45.1 Å². The van der Waals surface area contributed by atoms with E-state index in [0.717, 1.165) is 18.4 Å². The molecule has 0 saturated carbocycles. The van der Waals surface area contributed by atoms with Crippen LogP contribution in [0, 0.1) is 0 Å². The fourth-order valence-electron chi connectivity index (χ4n) is 2.39. The van der Waals surface area contributed by atoms with Crippen LogP contribution in [-0.4, -0.2) is 5.78 Å². The Balaban J connectivity index is 4.13. The number of carbonyl (C=O) groups excluding carboxylic acids is 1. The first-order chi connectivity index (χ1) is 8.63. The molecular formula is C17H32O. The molecule has 0 radical (unpaired) electrons. The molecule has 0 aromatic heterocycles. The molecule has 0 aliphatic heterocycles. The number of carbonyl (C=O) groups is 1. The van der Waals surface area contributed by atoms with Crippen LogP contribution in [0.15, 0.2) is 11.1 Å². The van der Waals surface area contributed by atoms with Gasteiger partial charge in [0.1, 0.15) is 0 Å². The van der Waals surface area contributed by atoms with Gasteiger partial charge < -0.3 is 0 Å². The summed E-state index contributed by atoms with van der Waals surface area (Å²) in [5.74, 6) is 0.291. The second kappa shape index (κ2) is 11.5. The Kier molecular flexibility index (Phi) is 11.1. The summed E-state index contributed by atoms with van der Waals surface area (Å²) in [4.78, 5) is 11.7. The van der Waals surface area contributed by atoms with Crippen LogP contribution in [0.5, 0.6) is 0 Å². The van der Waals surface area contributed by atoms with Crippen LogP contribution in [0.25, 0.3) is 0 Å². The molecule has 0 saturated heterocycles. The first-order valence-electron chi connectivity index (χ1n) is 7.83. The highest BCUT2D eigenvalue weighted by atomic mass is 16.1. The third kappa shape index (κ3) is 8.49. The van der Waals surface area contributed by atoms with E-state index in [1.54, 1.807) is 6.92 Å². The van der Waals surface area contributed by atoms with E-state index < -0.39 is 0 Å². The van der Waals surface area contributed by atoms with Crippen molar-refractivity contribution in [1.29, 1.82) is 0 Å². The maximum atomic E-state index is 11.7. The van der Waals surface area contributed by atoms with Gasteiger partial charge in [0.05, 0.1) is 0 Å². The van der Waals surface area contributed by atoms with Crippen LogP contribution in [-0.2, 0) is 4.79 Å². The third-order valence-electron chi connectivity index (χ3n) is 3.63. The fourth-order valence-corrected chi connectivity index (χ4v) is 2.39. The summed E-state index contributed by atoms with van der Waals surface area (Å²) in [5.41, 5.74) is 2.46. The predicted octanol–water partition coefficient (Wildman–Crippen LogP) is 5.83.